The molecule has 0 bridgehead atoms. The third-order valence-electron chi connectivity index (χ3n) is 5.32. The number of carbonyl (C=O) groups is 1. The molecule has 0 aliphatic carbocycles. The zero-order valence-electron chi connectivity index (χ0n) is 17.4. The van der Waals surface area contributed by atoms with Crippen molar-refractivity contribution in [1.82, 2.24) is 19.9 Å². The molecule has 3 aromatic rings. The molecular formula is C23H26N4O3. The van der Waals surface area contributed by atoms with Crippen molar-refractivity contribution in [3.63, 3.8) is 0 Å². The van der Waals surface area contributed by atoms with Crippen molar-refractivity contribution in [3.8, 4) is 17.1 Å². The zero-order chi connectivity index (χ0) is 20.9. The molecule has 1 aromatic heterocycles. The summed E-state index contributed by atoms with van der Waals surface area (Å²) in [6.07, 6.45) is 0.914. The van der Waals surface area contributed by atoms with E-state index in [-0.39, 0.29) is 5.91 Å². The summed E-state index contributed by atoms with van der Waals surface area (Å²) in [5.41, 5.74) is 2.74. The number of nitrogens with zero attached hydrogens (tertiary/aromatic N) is 4. The minimum atomic E-state index is 0.0973. The summed E-state index contributed by atoms with van der Waals surface area (Å²) in [6.45, 7) is 5.69. The number of aryl methyl sites for hydroxylation is 1. The maximum atomic E-state index is 12.8. The Morgan fingerprint density at radius 1 is 1.10 bits per heavy atom. The molecule has 0 radical (unpaired) electrons. The normalized spacial score (nSPS) is 15.1. The monoisotopic (exact) mass is 406 g/mol. The van der Waals surface area contributed by atoms with Crippen molar-refractivity contribution in [2.75, 3.05) is 33.3 Å². The quantitative estimate of drug-likeness (QED) is 0.647. The van der Waals surface area contributed by atoms with E-state index in [0.29, 0.717) is 24.8 Å². The highest BCUT2D eigenvalue weighted by Gasteiger charge is 2.22. The SMILES string of the molecule is COc1ccc(-c2noc(CN3CCCN(C(=O)c4cccc(C)c4)CC3)n2)cc1. The number of benzene rings is 2. The average Bonchev–Trinajstić information content (AvgIpc) is 3.11. The van der Waals surface area contributed by atoms with Crippen molar-refractivity contribution in [3.05, 3.63) is 65.5 Å². The Labute approximate surface area is 176 Å². The van der Waals surface area contributed by atoms with Crippen LogP contribution >= 0.6 is 0 Å². The molecule has 30 heavy (non-hydrogen) atoms. The highest BCUT2D eigenvalue weighted by atomic mass is 16.5. The van der Waals surface area contributed by atoms with Crippen LogP contribution in [0.25, 0.3) is 11.4 Å². The molecule has 2 aromatic carbocycles. The van der Waals surface area contributed by atoms with Gasteiger partial charge in [-0.1, -0.05) is 22.9 Å². The molecule has 0 unspecified atom stereocenters. The maximum Gasteiger partial charge on any atom is 0.253 e. The van der Waals surface area contributed by atoms with Crippen LogP contribution in [0, 0.1) is 6.92 Å². The Kier molecular flexibility index (Phi) is 6.09. The number of methoxy groups -OCH3 is 1. The van der Waals surface area contributed by atoms with Crippen molar-refractivity contribution in [1.29, 1.82) is 0 Å². The summed E-state index contributed by atoms with van der Waals surface area (Å²) < 4.78 is 10.6. The van der Waals surface area contributed by atoms with E-state index in [1.807, 2.05) is 60.4 Å². The predicted octanol–water partition coefficient (Wildman–Crippen LogP) is 3.40. The lowest BCUT2D eigenvalue weighted by molar-refractivity contribution is 0.0760. The minimum Gasteiger partial charge on any atom is -0.497 e. The average molecular weight is 406 g/mol. The first kappa shape index (κ1) is 20.1. The molecular weight excluding hydrogens is 380 g/mol. The molecule has 2 heterocycles. The molecule has 0 N–H and O–H groups in total. The molecule has 1 aliphatic rings. The van der Waals surface area contributed by atoms with Gasteiger partial charge in [0, 0.05) is 37.3 Å². The van der Waals surface area contributed by atoms with E-state index in [1.54, 1.807) is 7.11 Å². The zero-order valence-corrected chi connectivity index (χ0v) is 17.4. The van der Waals surface area contributed by atoms with Crippen LogP contribution in [0.2, 0.25) is 0 Å². The topological polar surface area (TPSA) is 71.7 Å². The van der Waals surface area contributed by atoms with Gasteiger partial charge < -0.3 is 14.2 Å². The Morgan fingerprint density at radius 3 is 2.70 bits per heavy atom. The van der Waals surface area contributed by atoms with Crippen LogP contribution in [0.3, 0.4) is 0 Å². The van der Waals surface area contributed by atoms with Gasteiger partial charge in [0.05, 0.1) is 13.7 Å². The second-order valence-corrected chi connectivity index (χ2v) is 7.53. The molecule has 1 fully saturated rings. The second kappa shape index (κ2) is 9.09. The molecule has 1 aliphatic heterocycles. The first-order valence-electron chi connectivity index (χ1n) is 10.2. The Bertz CT molecular complexity index is 1000. The lowest BCUT2D eigenvalue weighted by atomic mass is 10.1. The van der Waals surface area contributed by atoms with Crippen LogP contribution in [0.5, 0.6) is 5.75 Å². The molecule has 4 rings (SSSR count). The van der Waals surface area contributed by atoms with Gasteiger partial charge in [-0.25, -0.2) is 0 Å². The van der Waals surface area contributed by atoms with Gasteiger partial charge in [0.25, 0.3) is 5.91 Å². The largest absolute Gasteiger partial charge is 0.497 e. The van der Waals surface area contributed by atoms with Gasteiger partial charge in [-0.15, -0.1) is 0 Å². The van der Waals surface area contributed by atoms with E-state index in [4.69, 9.17) is 9.26 Å². The minimum absolute atomic E-state index is 0.0973. The van der Waals surface area contributed by atoms with E-state index in [1.165, 1.54) is 0 Å². The molecule has 0 spiro atoms. The highest BCUT2D eigenvalue weighted by Crippen LogP contribution is 2.20. The summed E-state index contributed by atoms with van der Waals surface area (Å²) in [6, 6.07) is 15.3. The fourth-order valence-corrected chi connectivity index (χ4v) is 3.66. The van der Waals surface area contributed by atoms with Crippen LogP contribution in [-0.2, 0) is 6.54 Å². The summed E-state index contributed by atoms with van der Waals surface area (Å²) in [5.74, 6) is 2.04. The van der Waals surface area contributed by atoms with Crippen LogP contribution in [0.15, 0.2) is 53.1 Å². The van der Waals surface area contributed by atoms with Gasteiger partial charge in [0.1, 0.15) is 5.75 Å². The molecule has 7 nitrogen and oxygen atoms in total. The van der Waals surface area contributed by atoms with Crippen LogP contribution in [0.1, 0.15) is 28.2 Å². The standard InChI is InChI=1S/C23H26N4O3/c1-17-5-3-6-19(15-17)23(28)27-12-4-11-26(13-14-27)16-21-24-22(25-30-21)18-7-9-20(29-2)10-8-18/h3,5-10,15H,4,11-14,16H2,1-2H3. The van der Waals surface area contributed by atoms with Crippen LogP contribution < -0.4 is 4.74 Å². The van der Waals surface area contributed by atoms with Gasteiger partial charge in [-0.3, -0.25) is 9.69 Å². The van der Waals surface area contributed by atoms with E-state index in [0.717, 1.165) is 48.5 Å². The van der Waals surface area contributed by atoms with Crippen molar-refractivity contribution >= 4 is 5.91 Å². The van der Waals surface area contributed by atoms with Gasteiger partial charge >= 0.3 is 0 Å². The Morgan fingerprint density at radius 2 is 1.93 bits per heavy atom. The first-order valence-corrected chi connectivity index (χ1v) is 10.2. The second-order valence-electron chi connectivity index (χ2n) is 7.53. The summed E-state index contributed by atoms with van der Waals surface area (Å²) in [7, 11) is 1.64. The lowest BCUT2D eigenvalue weighted by Gasteiger charge is -2.21. The van der Waals surface area contributed by atoms with E-state index >= 15 is 0 Å². The molecule has 0 saturated carbocycles. The summed E-state index contributed by atoms with van der Waals surface area (Å²) in [4.78, 5) is 21.6. The van der Waals surface area contributed by atoms with Crippen molar-refractivity contribution < 1.29 is 14.1 Å². The Balaban J connectivity index is 1.36. The number of rotatable bonds is 5. The fourth-order valence-electron chi connectivity index (χ4n) is 3.66. The van der Waals surface area contributed by atoms with E-state index in [2.05, 4.69) is 15.0 Å². The lowest BCUT2D eigenvalue weighted by Crippen LogP contribution is -2.35. The number of hydrogen-bond donors (Lipinski definition) is 0. The van der Waals surface area contributed by atoms with E-state index in [9.17, 15) is 4.79 Å². The number of hydrogen-bond acceptors (Lipinski definition) is 6. The summed E-state index contributed by atoms with van der Waals surface area (Å²) >= 11 is 0. The number of carbonyl (C=O) groups excluding carboxylic acids is 1. The number of amides is 1. The molecule has 0 atom stereocenters. The summed E-state index contributed by atoms with van der Waals surface area (Å²) in [5, 5.41) is 4.10. The number of aromatic nitrogens is 2. The van der Waals surface area contributed by atoms with Crippen LogP contribution in [0.4, 0.5) is 0 Å². The highest BCUT2D eigenvalue weighted by molar-refractivity contribution is 5.94. The van der Waals surface area contributed by atoms with Crippen molar-refractivity contribution in [2.45, 2.75) is 19.9 Å². The Hall–Kier alpha value is -3.19. The first-order chi connectivity index (χ1) is 14.6. The predicted molar refractivity (Wildman–Crippen MR) is 113 cm³/mol. The number of ether oxygens (including phenoxy) is 1. The maximum absolute atomic E-state index is 12.8. The van der Waals surface area contributed by atoms with Crippen LogP contribution in [-0.4, -0.2) is 59.1 Å². The molecule has 7 heteroatoms. The fraction of sp³-hybridized carbons (Fsp3) is 0.348. The van der Waals surface area contributed by atoms with Crippen molar-refractivity contribution in [2.24, 2.45) is 0 Å². The third-order valence-corrected chi connectivity index (χ3v) is 5.32. The third kappa shape index (κ3) is 4.68. The van der Waals surface area contributed by atoms with Gasteiger partial charge in [-0.2, -0.15) is 4.98 Å². The molecule has 1 saturated heterocycles. The van der Waals surface area contributed by atoms with Gasteiger partial charge in [0.15, 0.2) is 0 Å². The molecule has 1 amide bonds. The van der Waals surface area contributed by atoms with Gasteiger partial charge in [0.2, 0.25) is 11.7 Å². The smallest absolute Gasteiger partial charge is 0.253 e. The van der Waals surface area contributed by atoms with Gasteiger partial charge in [-0.05, 0) is 49.7 Å². The van der Waals surface area contributed by atoms with E-state index < -0.39 is 0 Å². The molecule has 156 valence electrons.